The van der Waals surface area contributed by atoms with Gasteiger partial charge in [0.25, 0.3) is 0 Å². The zero-order valence-electron chi connectivity index (χ0n) is 14.5. The molecule has 9 heteroatoms. The van der Waals surface area contributed by atoms with Gasteiger partial charge in [-0.15, -0.1) is 0 Å². The van der Waals surface area contributed by atoms with Crippen LogP contribution >= 0.6 is 0 Å². The van der Waals surface area contributed by atoms with Crippen LogP contribution in [0.5, 0.6) is 11.6 Å². The summed E-state index contributed by atoms with van der Waals surface area (Å²) in [5.41, 5.74) is 2.01. The van der Waals surface area contributed by atoms with E-state index in [9.17, 15) is 13.2 Å². The van der Waals surface area contributed by atoms with Crippen molar-refractivity contribution < 1.29 is 22.6 Å². The lowest BCUT2D eigenvalue weighted by molar-refractivity contribution is -0.0498. The highest BCUT2D eigenvalue weighted by Crippen LogP contribution is 2.32. The molecule has 142 valence electrons. The molecule has 2 heterocycles. The maximum Gasteiger partial charge on any atom is 0.387 e. The van der Waals surface area contributed by atoms with Gasteiger partial charge in [0.2, 0.25) is 5.88 Å². The number of pyridine rings is 1. The molecule has 0 unspecified atom stereocenters. The van der Waals surface area contributed by atoms with Gasteiger partial charge in [0, 0.05) is 11.8 Å². The molecule has 0 aliphatic rings. The van der Waals surface area contributed by atoms with Crippen LogP contribution in [0.2, 0.25) is 0 Å². The summed E-state index contributed by atoms with van der Waals surface area (Å²) < 4.78 is 49.1. The maximum atomic E-state index is 12.6. The van der Waals surface area contributed by atoms with Crippen molar-refractivity contribution in [3.63, 3.8) is 0 Å². The fraction of sp³-hybridized carbons (Fsp3) is 0.278. The topological polar surface area (TPSA) is 62.1 Å². The summed E-state index contributed by atoms with van der Waals surface area (Å²) in [4.78, 5) is 8.15. The largest absolute Gasteiger partial charge is 0.478 e. The molecule has 0 N–H and O–H groups in total. The summed E-state index contributed by atoms with van der Waals surface area (Å²) in [6.07, 6.45) is 3.05. The van der Waals surface area contributed by atoms with E-state index in [-0.39, 0.29) is 11.6 Å². The molecule has 27 heavy (non-hydrogen) atoms. The SMILES string of the molecule is CCOc1ncc(Cn2cnc(CF)n2)cc1-c1cccc(OC(F)F)c1. The third kappa shape index (κ3) is 4.75. The summed E-state index contributed by atoms with van der Waals surface area (Å²) in [5, 5.41) is 4.00. The van der Waals surface area contributed by atoms with E-state index in [0.29, 0.717) is 30.2 Å². The molecule has 0 fully saturated rings. The van der Waals surface area contributed by atoms with Crippen molar-refractivity contribution in [3.05, 3.63) is 54.2 Å². The molecule has 0 spiro atoms. The fourth-order valence-corrected chi connectivity index (χ4v) is 2.54. The molecule has 1 aromatic carbocycles. The molecular formula is C18H17F3N4O2. The van der Waals surface area contributed by atoms with Gasteiger partial charge in [0.15, 0.2) is 12.5 Å². The van der Waals surface area contributed by atoms with Gasteiger partial charge in [-0.3, -0.25) is 0 Å². The molecule has 0 saturated heterocycles. The zero-order chi connectivity index (χ0) is 19.2. The van der Waals surface area contributed by atoms with Crippen LogP contribution in [-0.4, -0.2) is 33.0 Å². The lowest BCUT2D eigenvalue weighted by Crippen LogP contribution is -2.04. The fourth-order valence-electron chi connectivity index (χ4n) is 2.54. The number of alkyl halides is 3. The summed E-state index contributed by atoms with van der Waals surface area (Å²) in [5.74, 6) is 0.517. The molecule has 2 aromatic heterocycles. The summed E-state index contributed by atoms with van der Waals surface area (Å²) in [6.45, 7) is -1.10. The first kappa shape index (κ1) is 18.7. The number of hydrogen-bond acceptors (Lipinski definition) is 5. The Bertz CT molecular complexity index is 902. The van der Waals surface area contributed by atoms with E-state index in [1.54, 1.807) is 18.3 Å². The summed E-state index contributed by atoms with van der Waals surface area (Å²) in [7, 11) is 0. The van der Waals surface area contributed by atoms with Crippen molar-refractivity contribution in [2.75, 3.05) is 6.61 Å². The van der Waals surface area contributed by atoms with Gasteiger partial charge in [-0.2, -0.15) is 13.9 Å². The van der Waals surface area contributed by atoms with Crippen molar-refractivity contribution in [1.29, 1.82) is 0 Å². The van der Waals surface area contributed by atoms with E-state index < -0.39 is 13.3 Å². The Hall–Kier alpha value is -3.10. The highest BCUT2D eigenvalue weighted by molar-refractivity contribution is 5.70. The Morgan fingerprint density at radius 1 is 1.19 bits per heavy atom. The Kier molecular flexibility index (Phi) is 5.90. The van der Waals surface area contributed by atoms with Crippen LogP contribution < -0.4 is 9.47 Å². The van der Waals surface area contributed by atoms with Crippen molar-refractivity contribution in [2.24, 2.45) is 0 Å². The number of benzene rings is 1. The minimum Gasteiger partial charge on any atom is -0.478 e. The molecule has 3 aromatic rings. The molecule has 0 aliphatic carbocycles. The summed E-state index contributed by atoms with van der Waals surface area (Å²) in [6, 6.07) is 8.11. The number of ether oxygens (including phenoxy) is 2. The van der Waals surface area contributed by atoms with Crippen molar-refractivity contribution in [2.45, 2.75) is 26.8 Å². The van der Waals surface area contributed by atoms with Crippen LogP contribution in [0.3, 0.4) is 0 Å². The van der Waals surface area contributed by atoms with Gasteiger partial charge in [0.1, 0.15) is 12.1 Å². The van der Waals surface area contributed by atoms with E-state index >= 15 is 0 Å². The first-order valence-corrected chi connectivity index (χ1v) is 8.20. The van der Waals surface area contributed by atoms with Crippen LogP contribution in [-0.2, 0) is 13.2 Å². The van der Waals surface area contributed by atoms with Crippen molar-refractivity contribution in [1.82, 2.24) is 19.7 Å². The number of aromatic nitrogens is 4. The van der Waals surface area contributed by atoms with Crippen molar-refractivity contribution in [3.8, 4) is 22.8 Å². The van der Waals surface area contributed by atoms with Gasteiger partial charge in [-0.1, -0.05) is 12.1 Å². The number of nitrogens with zero attached hydrogens (tertiary/aromatic N) is 4. The smallest absolute Gasteiger partial charge is 0.387 e. The quantitative estimate of drug-likeness (QED) is 0.596. The Balaban J connectivity index is 1.94. The Morgan fingerprint density at radius 3 is 2.74 bits per heavy atom. The van der Waals surface area contributed by atoms with Crippen LogP contribution in [0.1, 0.15) is 18.3 Å². The number of rotatable bonds is 8. The molecule has 0 aliphatic heterocycles. The lowest BCUT2D eigenvalue weighted by Gasteiger charge is -2.12. The Morgan fingerprint density at radius 2 is 2.04 bits per heavy atom. The monoisotopic (exact) mass is 378 g/mol. The van der Waals surface area contributed by atoms with Gasteiger partial charge >= 0.3 is 6.61 Å². The average molecular weight is 378 g/mol. The maximum absolute atomic E-state index is 12.6. The van der Waals surface area contributed by atoms with E-state index in [4.69, 9.17) is 4.74 Å². The third-order valence-corrected chi connectivity index (χ3v) is 3.61. The van der Waals surface area contributed by atoms with E-state index in [0.717, 1.165) is 5.56 Å². The standard InChI is InChI=1S/C18H17F3N4O2/c1-2-26-17-15(13-4-3-5-14(7-13)27-18(20)21)6-12(9-22-17)10-25-11-23-16(8-19)24-25/h3-7,9,11,18H,2,8,10H2,1H3. The minimum atomic E-state index is -2.91. The van der Waals surface area contributed by atoms with Crippen molar-refractivity contribution >= 4 is 0 Å². The van der Waals surface area contributed by atoms with Gasteiger partial charge in [-0.05, 0) is 36.2 Å². The van der Waals surface area contributed by atoms with Gasteiger partial charge < -0.3 is 9.47 Å². The molecule has 0 radical (unpaired) electrons. The van der Waals surface area contributed by atoms with Gasteiger partial charge in [0.05, 0.1) is 13.2 Å². The second-order valence-electron chi connectivity index (χ2n) is 5.53. The molecule has 3 rings (SSSR count). The zero-order valence-corrected chi connectivity index (χ0v) is 14.5. The van der Waals surface area contributed by atoms with E-state index in [1.807, 2.05) is 13.0 Å². The normalized spacial score (nSPS) is 11.0. The van der Waals surface area contributed by atoms with E-state index in [2.05, 4.69) is 19.8 Å². The predicted octanol–water partition coefficient (Wildman–Crippen LogP) is 3.86. The first-order chi connectivity index (χ1) is 13.1. The van der Waals surface area contributed by atoms with Crippen LogP contribution in [0, 0.1) is 0 Å². The molecule has 0 atom stereocenters. The first-order valence-electron chi connectivity index (χ1n) is 8.20. The van der Waals surface area contributed by atoms with Gasteiger partial charge in [-0.25, -0.2) is 19.0 Å². The van der Waals surface area contributed by atoms with E-state index in [1.165, 1.54) is 23.1 Å². The highest BCUT2D eigenvalue weighted by atomic mass is 19.3. The molecular weight excluding hydrogens is 361 g/mol. The summed E-state index contributed by atoms with van der Waals surface area (Å²) >= 11 is 0. The Labute approximate surface area is 153 Å². The van der Waals surface area contributed by atoms with Crippen LogP contribution in [0.25, 0.3) is 11.1 Å². The third-order valence-electron chi connectivity index (χ3n) is 3.61. The molecule has 0 amide bonds. The van der Waals surface area contributed by atoms with Crippen LogP contribution in [0.15, 0.2) is 42.9 Å². The average Bonchev–Trinajstić information content (AvgIpc) is 3.10. The second kappa shape index (κ2) is 8.52. The predicted molar refractivity (Wildman–Crippen MR) is 91.4 cm³/mol. The molecule has 0 saturated carbocycles. The molecule has 0 bridgehead atoms. The number of hydrogen-bond donors (Lipinski definition) is 0. The number of halogens is 3. The van der Waals surface area contributed by atoms with Crippen LogP contribution in [0.4, 0.5) is 13.2 Å². The highest BCUT2D eigenvalue weighted by Gasteiger charge is 2.13. The minimum absolute atomic E-state index is 0.0409. The molecule has 6 nitrogen and oxygen atoms in total. The second-order valence-corrected chi connectivity index (χ2v) is 5.53. The lowest BCUT2D eigenvalue weighted by atomic mass is 10.0.